The number of ether oxygens (including phenoxy) is 1. The van der Waals surface area contributed by atoms with Crippen LogP contribution in [0.2, 0.25) is 0 Å². The Balaban J connectivity index is 2.92. The SMILES string of the molecule is OCCOc1c(F)cc(F)cc1Br. The summed E-state index contributed by atoms with van der Waals surface area (Å²) in [6.45, 7) is -0.246. The molecule has 1 rings (SSSR count). The molecule has 0 atom stereocenters. The highest BCUT2D eigenvalue weighted by Gasteiger charge is 2.10. The molecule has 0 saturated heterocycles. The Hall–Kier alpha value is -0.680. The minimum absolute atomic E-state index is 0.0266. The second kappa shape index (κ2) is 4.53. The van der Waals surface area contributed by atoms with Crippen LogP contribution < -0.4 is 4.74 Å². The lowest BCUT2D eigenvalue weighted by Crippen LogP contribution is -2.04. The van der Waals surface area contributed by atoms with E-state index in [2.05, 4.69) is 15.9 Å². The average molecular weight is 253 g/mol. The van der Waals surface area contributed by atoms with Gasteiger partial charge in [0.2, 0.25) is 0 Å². The zero-order valence-corrected chi connectivity index (χ0v) is 8.14. The lowest BCUT2D eigenvalue weighted by atomic mass is 10.3. The first-order valence-electron chi connectivity index (χ1n) is 3.53. The standard InChI is InChI=1S/C8H7BrF2O2/c9-6-3-5(10)4-7(11)8(6)13-2-1-12/h3-4,12H,1-2H2. The summed E-state index contributed by atoms with van der Waals surface area (Å²) in [6.07, 6.45) is 0. The van der Waals surface area contributed by atoms with Gasteiger partial charge in [0.1, 0.15) is 12.4 Å². The molecule has 0 fully saturated rings. The van der Waals surface area contributed by atoms with Crippen molar-refractivity contribution in [2.24, 2.45) is 0 Å². The molecular formula is C8H7BrF2O2. The van der Waals surface area contributed by atoms with E-state index in [-0.39, 0.29) is 23.4 Å². The fraction of sp³-hybridized carbons (Fsp3) is 0.250. The van der Waals surface area contributed by atoms with Gasteiger partial charge in [-0.05, 0) is 22.0 Å². The minimum Gasteiger partial charge on any atom is -0.487 e. The van der Waals surface area contributed by atoms with E-state index in [9.17, 15) is 8.78 Å². The third-order valence-corrected chi connectivity index (χ3v) is 1.89. The van der Waals surface area contributed by atoms with Crippen molar-refractivity contribution < 1.29 is 18.6 Å². The van der Waals surface area contributed by atoms with E-state index in [4.69, 9.17) is 9.84 Å². The van der Waals surface area contributed by atoms with E-state index in [0.717, 1.165) is 12.1 Å². The molecule has 0 bridgehead atoms. The summed E-state index contributed by atoms with van der Waals surface area (Å²) in [5, 5.41) is 8.43. The van der Waals surface area contributed by atoms with Crippen LogP contribution in [0.15, 0.2) is 16.6 Å². The number of benzene rings is 1. The third-order valence-electron chi connectivity index (χ3n) is 1.30. The fourth-order valence-corrected chi connectivity index (χ4v) is 1.34. The van der Waals surface area contributed by atoms with Gasteiger partial charge in [0.25, 0.3) is 0 Å². The fourth-order valence-electron chi connectivity index (χ4n) is 0.815. The Labute approximate surface area is 82.3 Å². The van der Waals surface area contributed by atoms with Crippen LogP contribution in [0.4, 0.5) is 8.78 Å². The molecule has 0 heterocycles. The quantitative estimate of drug-likeness (QED) is 0.893. The van der Waals surface area contributed by atoms with Gasteiger partial charge in [-0.1, -0.05) is 0 Å². The Morgan fingerprint density at radius 1 is 1.38 bits per heavy atom. The monoisotopic (exact) mass is 252 g/mol. The number of hydrogen-bond acceptors (Lipinski definition) is 2. The predicted octanol–water partition coefficient (Wildman–Crippen LogP) is 2.10. The van der Waals surface area contributed by atoms with Crippen molar-refractivity contribution in [3.63, 3.8) is 0 Å². The first-order chi connectivity index (χ1) is 6.15. The molecule has 5 heteroatoms. The highest BCUT2D eigenvalue weighted by atomic mass is 79.9. The van der Waals surface area contributed by atoms with E-state index in [1.807, 2.05) is 0 Å². The molecule has 0 unspecified atom stereocenters. The van der Waals surface area contributed by atoms with Crippen LogP contribution >= 0.6 is 15.9 Å². The van der Waals surface area contributed by atoms with Gasteiger partial charge in [-0.2, -0.15) is 0 Å². The van der Waals surface area contributed by atoms with E-state index >= 15 is 0 Å². The average Bonchev–Trinajstić information content (AvgIpc) is 2.02. The van der Waals surface area contributed by atoms with Gasteiger partial charge in [0.05, 0.1) is 11.1 Å². The molecule has 0 spiro atoms. The Morgan fingerprint density at radius 2 is 2.08 bits per heavy atom. The van der Waals surface area contributed by atoms with Gasteiger partial charge < -0.3 is 9.84 Å². The maximum absolute atomic E-state index is 13.0. The smallest absolute Gasteiger partial charge is 0.169 e. The molecule has 2 nitrogen and oxygen atoms in total. The Kier molecular flexibility index (Phi) is 3.62. The van der Waals surface area contributed by atoms with Crippen LogP contribution in [0.1, 0.15) is 0 Å². The molecule has 0 aliphatic rings. The molecule has 1 aromatic carbocycles. The first-order valence-corrected chi connectivity index (χ1v) is 4.32. The number of hydrogen-bond donors (Lipinski definition) is 1. The zero-order chi connectivity index (χ0) is 9.84. The van der Waals surface area contributed by atoms with E-state index in [0.29, 0.717) is 0 Å². The second-order valence-electron chi connectivity index (χ2n) is 2.27. The molecule has 1 aromatic rings. The normalized spacial score (nSPS) is 10.2. The van der Waals surface area contributed by atoms with Gasteiger partial charge in [0.15, 0.2) is 11.6 Å². The topological polar surface area (TPSA) is 29.5 Å². The second-order valence-corrected chi connectivity index (χ2v) is 3.12. The van der Waals surface area contributed by atoms with Crippen LogP contribution in [-0.4, -0.2) is 18.3 Å². The van der Waals surface area contributed by atoms with Gasteiger partial charge in [-0.3, -0.25) is 0 Å². The Bertz CT molecular complexity index is 281. The van der Waals surface area contributed by atoms with Crippen LogP contribution in [0.3, 0.4) is 0 Å². The largest absolute Gasteiger partial charge is 0.487 e. The maximum atomic E-state index is 13.0. The summed E-state index contributed by atoms with van der Waals surface area (Å²) in [6, 6.07) is 1.81. The van der Waals surface area contributed by atoms with Crippen molar-refractivity contribution in [1.29, 1.82) is 0 Å². The van der Waals surface area contributed by atoms with Crippen LogP contribution in [0.5, 0.6) is 5.75 Å². The summed E-state index contributed by atoms with van der Waals surface area (Å²) in [5.41, 5.74) is 0. The van der Waals surface area contributed by atoms with Crippen molar-refractivity contribution in [3.05, 3.63) is 28.2 Å². The molecule has 0 aliphatic carbocycles. The van der Waals surface area contributed by atoms with E-state index < -0.39 is 11.6 Å². The third kappa shape index (κ3) is 2.63. The Morgan fingerprint density at radius 3 is 2.62 bits per heavy atom. The number of halogens is 3. The number of rotatable bonds is 3. The van der Waals surface area contributed by atoms with Crippen LogP contribution in [-0.2, 0) is 0 Å². The van der Waals surface area contributed by atoms with Crippen LogP contribution in [0.25, 0.3) is 0 Å². The molecule has 0 amide bonds. The van der Waals surface area contributed by atoms with Crippen molar-refractivity contribution in [2.45, 2.75) is 0 Å². The van der Waals surface area contributed by atoms with Crippen molar-refractivity contribution >= 4 is 15.9 Å². The molecule has 0 aromatic heterocycles. The summed E-state index contributed by atoms with van der Waals surface area (Å²) in [4.78, 5) is 0. The lowest BCUT2D eigenvalue weighted by molar-refractivity contribution is 0.195. The zero-order valence-electron chi connectivity index (χ0n) is 6.56. The van der Waals surface area contributed by atoms with Crippen molar-refractivity contribution in [3.8, 4) is 5.75 Å². The molecule has 13 heavy (non-hydrogen) atoms. The molecule has 72 valence electrons. The molecule has 0 aliphatic heterocycles. The van der Waals surface area contributed by atoms with Gasteiger partial charge in [-0.15, -0.1) is 0 Å². The van der Waals surface area contributed by atoms with Crippen molar-refractivity contribution in [1.82, 2.24) is 0 Å². The summed E-state index contributed by atoms with van der Waals surface area (Å²) < 4.78 is 30.5. The number of aliphatic hydroxyl groups is 1. The maximum Gasteiger partial charge on any atom is 0.169 e. The summed E-state index contributed by atoms with van der Waals surface area (Å²) in [7, 11) is 0. The lowest BCUT2D eigenvalue weighted by Gasteiger charge is -2.07. The van der Waals surface area contributed by atoms with Gasteiger partial charge >= 0.3 is 0 Å². The molecular weight excluding hydrogens is 246 g/mol. The van der Waals surface area contributed by atoms with Gasteiger partial charge in [-0.25, -0.2) is 8.78 Å². The molecule has 0 saturated carbocycles. The van der Waals surface area contributed by atoms with Crippen molar-refractivity contribution in [2.75, 3.05) is 13.2 Å². The highest BCUT2D eigenvalue weighted by Crippen LogP contribution is 2.28. The summed E-state index contributed by atoms with van der Waals surface area (Å²) in [5.74, 6) is -1.56. The molecule has 1 N–H and O–H groups in total. The number of aliphatic hydroxyl groups excluding tert-OH is 1. The highest BCUT2D eigenvalue weighted by molar-refractivity contribution is 9.10. The first kappa shape index (κ1) is 10.4. The van der Waals surface area contributed by atoms with E-state index in [1.54, 1.807) is 0 Å². The summed E-state index contributed by atoms with van der Waals surface area (Å²) >= 11 is 2.94. The minimum atomic E-state index is -0.791. The van der Waals surface area contributed by atoms with Gasteiger partial charge in [0, 0.05) is 6.07 Å². The predicted molar refractivity (Wildman–Crippen MR) is 46.6 cm³/mol. The molecule has 0 radical (unpaired) electrons. The van der Waals surface area contributed by atoms with E-state index in [1.165, 1.54) is 0 Å². The van der Waals surface area contributed by atoms with Crippen LogP contribution in [0, 0.1) is 11.6 Å².